The molecule has 0 aliphatic heterocycles. The zero-order valence-electron chi connectivity index (χ0n) is 23.9. The summed E-state index contributed by atoms with van der Waals surface area (Å²) >= 11 is 6.54. The largest absolute Gasteiger partial charge is 0.493 e. The Morgan fingerprint density at radius 3 is 2.19 bits per heavy atom. The summed E-state index contributed by atoms with van der Waals surface area (Å²) in [7, 11) is -2.65. The van der Waals surface area contributed by atoms with E-state index < -0.39 is 10.0 Å². The van der Waals surface area contributed by atoms with Gasteiger partial charge in [-0.15, -0.1) is 0 Å². The van der Waals surface area contributed by atoms with Crippen LogP contribution in [-0.4, -0.2) is 35.5 Å². The highest BCUT2D eigenvalue weighted by Gasteiger charge is 2.22. The Kier molecular flexibility index (Phi) is 8.70. The number of aromatic nitrogens is 4. The lowest BCUT2D eigenvalue weighted by molar-refractivity contribution is 0.378. The number of halogens is 1. The fourth-order valence-electron chi connectivity index (χ4n) is 4.72. The summed E-state index contributed by atoms with van der Waals surface area (Å²) in [5.41, 5.74) is 6.06. The van der Waals surface area contributed by atoms with Crippen molar-refractivity contribution in [1.29, 1.82) is 0 Å². The molecule has 2 aromatic heterocycles. The molecule has 0 spiro atoms. The van der Waals surface area contributed by atoms with Crippen LogP contribution in [0, 0.1) is 20.8 Å². The first-order valence-electron chi connectivity index (χ1n) is 13.2. The van der Waals surface area contributed by atoms with Crippen molar-refractivity contribution >= 4 is 33.5 Å². The van der Waals surface area contributed by atoms with Gasteiger partial charge in [0.15, 0.2) is 28.3 Å². The molecule has 218 valence electrons. The number of nitrogens with one attached hydrogen (secondary N) is 1. The van der Waals surface area contributed by atoms with Gasteiger partial charge in [-0.3, -0.25) is 4.72 Å². The molecule has 9 nitrogen and oxygen atoms in total. The van der Waals surface area contributed by atoms with E-state index in [0.717, 1.165) is 38.8 Å². The smallest absolute Gasteiger partial charge is 0.256 e. The molecule has 3 aromatic carbocycles. The van der Waals surface area contributed by atoms with Gasteiger partial charge in [-0.2, -0.15) is 0 Å². The third-order valence-electron chi connectivity index (χ3n) is 6.44. The van der Waals surface area contributed by atoms with Crippen molar-refractivity contribution in [3.05, 3.63) is 112 Å². The highest BCUT2D eigenvalue weighted by Crippen LogP contribution is 2.39. The molecule has 11 heteroatoms. The summed E-state index contributed by atoms with van der Waals surface area (Å²) in [5, 5.41) is 0.924. The highest BCUT2D eigenvalue weighted by atomic mass is 35.5. The number of rotatable bonds is 9. The number of hydrogen-bond acceptors (Lipinski definition) is 8. The molecule has 43 heavy (non-hydrogen) atoms. The third kappa shape index (κ3) is 6.82. The van der Waals surface area contributed by atoms with Crippen LogP contribution in [0.3, 0.4) is 0 Å². The monoisotopic (exact) mass is 613 g/mol. The van der Waals surface area contributed by atoms with Crippen LogP contribution in [0.1, 0.15) is 22.3 Å². The van der Waals surface area contributed by atoms with Gasteiger partial charge in [0.05, 0.1) is 12.5 Å². The van der Waals surface area contributed by atoms with E-state index in [-0.39, 0.29) is 34.1 Å². The minimum atomic E-state index is -4.14. The third-order valence-corrected chi connectivity index (χ3v) is 7.67. The maximum Gasteiger partial charge on any atom is 0.256 e. The average molecular weight is 614 g/mol. The number of hydrogen-bond donors (Lipinski definition) is 1. The number of anilines is 1. The summed E-state index contributed by atoms with van der Waals surface area (Å²) in [6.45, 7) is 6.14. The quantitative estimate of drug-likeness (QED) is 0.171. The summed E-state index contributed by atoms with van der Waals surface area (Å²) < 4.78 is 40.8. The number of methoxy groups -OCH3 is 1. The normalized spacial score (nSPS) is 11.5. The number of ether oxygens (including phenoxy) is 2. The van der Waals surface area contributed by atoms with Gasteiger partial charge in [-0.1, -0.05) is 65.7 Å². The van der Waals surface area contributed by atoms with Crippen LogP contribution < -0.4 is 14.2 Å². The van der Waals surface area contributed by atoms with E-state index in [0.29, 0.717) is 5.75 Å². The Balaban J connectivity index is 1.55. The van der Waals surface area contributed by atoms with Crippen LogP contribution in [0.4, 0.5) is 5.82 Å². The molecule has 0 atom stereocenters. The Bertz CT molecular complexity index is 1910. The van der Waals surface area contributed by atoms with Crippen molar-refractivity contribution < 1.29 is 17.9 Å². The molecule has 0 saturated heterocycles. The van der Waals surface area contributed by atoms with Crippen LogP contribution in [0.2, 0.25) is 5.15 Å². The fourth-order valence-corrected chi connectivity index (χ4v) is 5.73. The second kappa shape index (κ2) is 12.6. The molecule has 0 fully saturated rings. The highest BCUT2D eigenvalue weighted by molar-refractivity contribution is 7.95. The first-order valence-corrected chi connectivity index (χ1v) is 15.1. The molecule has 1 N–H and O–H groups in total. The van der Waals surface area contributed by atoms with Crippen molar-refractivity contribution in [2.45, 2.75) is 20.8 Å². The van der Waals surface area contributed by atoms with Gasteiger partial charge in [0.1, 0.15) is 0 Å². The molecular weight excluding hydrogens is 586 g/mol. The zero-order valence-corrected chi connectivity index (χ0v) is 25.4. The second-order valence-corrected chi connectivity index (χ2v) is 11.6. The van der Waals surface area contributed by atoms with E-state index in [4.69, 9.17) is 21.1 Å². The van der Waals surface area contributed by atoms with Gasteiger partial charge in [-0.05, 0) is 72.9 Å². The Morgan fingerprint density at radius 1 is 0.837 bits per heavy atom. The summed E-state index contributed by atoms with van der Waals surface area (Å²) in [6, 6.07) is 20.3. The van der Waals surface area contributed by atoms with Gasteiger partial charge in [0.25, 0.3) is 10.0 Å². The molecule has 0 aliphatic rings. The second-order valence-electron chi connectivity index (χ2n) is 9.65. The molecule has 0 unspecified atom stereocenters. The number of benzene rings is 3. The molecular formula is C32H28ClN5O4S. The standard InChI is InChI=1S/C32H28ClN5O4S/c1-20-18-21(2)27(22(3)19-20)24-11-6-5-10-23(24)14-17-43(39,40)38-30-28(42-26-13-8-7-12-25(26)41-4)29(33)36-32(37-30)31-34-15-9-16-35-31/h5-19H,1-4H3,(H,36,37,38). The molecule has 2 heterocycles. The summed E-state index contributed by atoms with van der Waals surface area (Å²) in [5.74, 6) is 0.539. The van der Waals surface area contributed by atoms with E-state index >= 15 is 0 Å². The van der Waals surface area contributed by atoms with Crippen molar-refractivity contribution in [2.24, 2.45) is 0 Å². The lowest BCUT2D eigenvalue weighted by Gasteiger charge is -2.15. The van der Waals surface area contributed by atoms with E-state index in [1.54, 1.807) is 36.4 Å². The predicted molar refractivity (Wildman–Crippen MR) is 169 cm³/mol. The molecule has 0 bridgehead atoms. The van der Waals surface area contributed by atoms with Crippen LogP contribution >= 0.6 is 11.6 Å². The maximum atomic E-state index is 13.5. The zero-order chi connectivity index (χ0) is 30.6. The molecule has 5 rings (SSSR count). The van der Waals surface area contributed by atoms with E-state index in [1.807, 2.05) is 38.1 Å². The van der Waals surface area contributed by atoms with Gasteiger partial charge in [0.2, 0.25) is 11.6 Å². The van der Waals surface area contributed by atoms with Crippen LogP contribution in [0.25, 0.3) is 28.9 Å². The Labute approximate surface area is 255 Å². The molecule has 0 radical (unpaired) electrons. The Morgan fingerprint density at radius 2 is 1.49 bits per heavy atom. The first kappa shape index (κ1) is 29.7. The van der Waals surface area contributed by atoms with E-state index in [2.05, 4.69) is 43.7 Å². The lowest BCUT2D eigenvalue weighted by Crippen LogP contribution is -2.13. The van der Waals surface area contributed by atoms with E-state index in [9.17, 15) is 8.42 Å². The molecule has 0 amide bonds. The minimum Gasteiger partial charge on any atom is -0.493 e. The summed E-state index contributed by atoms with van der Waals surface area (Å²) in [4.78, 5) is 17.0. The van der Waals surface area contributed by atoms with Crippen LogP contribution in [0.15, 0.2) is 84.5 Å². The van der Waals surface area contributed by atoms with Crippen molar-refractivity contribution in [1.82, 2.24) is 19.9 Å². The van der Waals surface area contributed by atoms with Crippen molar-refractivity contribution in [3.63, 3.8) is 0 Å². The summed E-state index contributed by atoms with van der Waals surface area (Å²) in [6.07, 6.45) is 4.57. The molecule has 5 aromatic rings. The number of para-hydroxylation sites is 2. The SMILES string of the molecule is COc1ccccc1Oc1c(Cl)nc(-c2ncccn2)nc1NS(=O)(=O)C=Cc1ccccc1-c1c(C)cc(C)cc1C. The predicted octanol–water partition coefficient (Wildman–Crippen LogP) is 7.39. The minimum absolute atomic E-state index is 0.00956. The van der Waals surface area contributed by atoms with Crippen LogP contribution in [-0.2, 0) is 10.0 Å². The first-order chi connectivity index (χ1) is 20.6. The molecule has 0 aliphatic carbocycles. The number of aryl methyl sites for hydroxylation is 3. The average Bonchev–Trinajstić information content (AvgIpc) is 2.98. The van der Waals surface area contributed by atoms with Gasteiger partial charge >= 0.3 is 0 Å². The van der Waals surface area contributed by atoms with Crippen molar-refractivity contribution in [2.75, 3.05) is 11.8 Å². The van der Waals surface area contributed by atoms with Crippen molar-refractivity contribution in [3.8, 4) is 40.0 Å². The van der Waals surface area contributed by atoms with Gasteiger partial charge < -0.3 is 9.47 Å². The topological polar surface area (TPSA) is 116 Å². The fraction of sp³-hybridized carbons (Fsp3) is 0.125. The van der Waals surface area contributed by atoms with E-state index in [1.165, 1.54) is 19.5 Å². The number of sulfonamides is 1. The maximum absolute atomic E-state index is 13.5. The Hall–Kier alpha value is -4.80. The van der Waals surface area contributed by atoms with Crippen LogP contribution in [0.5, 0.6) is 17.2 Å². The van der Waals surface area contributed by atoms with Gasteiger partial charge in [-0.25, -0.2) is 28.4 Å². The molecule has 0 saturated carbocycles. The number of nitrogens with zero attached hydrogens (tertiary/aromatic N) is 4. The lowest BCUT2D eigenvalue weighted by atomic mass is 9.91. The van der Waals surface area contributed by atoms with Gasteiger partial charge in [0, 0.05) is 12.4 Å².